The molecule has 0 radical (unpaired) electrons. The molecule has 0 spiro atoms. The standard InChI is InChI=1S/C27H17Br2ClN2O4S2/c28-14-3-8-17(9-4-14)32-25(33)21-20(22-24(31-27(35)38-22)37-23(21)26(32)34)18-11-15(29)5-10-19(18)36-12-13-1-6-16(30)7-2-13/h1-11,20-21,23H,12H2,(H,31,35). The predicted octanol–water partition coefficient (Wildman–Crippen LogP) is 6.99. The minimum Gasteiger partial charge on any atom is -0.489 e. The fraction of sp³-hybridized carbons (Fsp3) is 0.148. The van der Waals surface area contributed by atoms with Crippen molar-refractivity contribution in [2.75, 3.05) is 4.90 Å². The lowest BCUT2D eigenvalue weighted by Gasteiger charge is -2.31. The van der Waals surface area contributed by atoms with Gasteiger partial charge in [-0.1, -0.05) is 78.7 Å². The van der Waals surface area contributed by atoms with Gasteiger partial charge in [-0.25, -0.2) is 4.90 Å². The number of rotatable bonds is 5. The molecular formula is C27H17Br2ClN2O4S2. The number of carbonyl (C=O) groups excluding carboxylic acids is 2. The average molecular weight is 693 g/mol. The second kappa shape index (κ2) is 10.3. The van der Waals surface area contributed by atoms with Crippen molar-refractivity contribution >= 4 is 84.1 Å². The van der Waals surface area contributed by atoms with E-state index in [2.05, 4.69) is 36.8 Å². The van der Waals surface area contributed by atoms with Crippen molar-refractivity contribution in [1.82, 2.24) is 4.98 Å². The van der Waals surface area contributed by atoms with E-state index in [-0.39, 0.29) is 23.3 Å². The van der Waals surface area contributed by atoms with Crippen molar-refractivity contribution < 1.29 is 14.3 Å². The number of nitrogens with one attached hydrogen (secondary N) is 1. The van der Waals surface area contributed by atoms with Gasteiger partial charge in [-0.2, -0.15) is 0 Å². The molecule has 0 bridgehead atoms. The summed E-state index contributed by atoms with van der Waals surface area (Å²) in [5.41, 5.74) is 2.18. The van der Waals surface area contributed by atoms with Crippen molar-refractivity contribution in [2.24, 2.45) is 5.92 Å². The van der Waals surface area contributed by atoms with E-state index in [1.807, 2.05) is 30.3 Å². The average Bonchev–Trinajstić information content (AvgIpc) is 3.39. The number of carbonyl (C=O) groups is 2. The highest BCUT2D eigenvalue weighted by Crippen LogP contribution is 2.54. The highest BCUT2D eigenvalue weighted by molar-refractivity contribution is 9.10. The molecule has 6 rings (SSSR count). The molecule has 1 N–H and O–H groups in total. The van der Waals surface area contributed by atoms with Gasteiger partial charge in [0.2, 0.25) is 11.8 Å². The van der Waals surface area contributed by atoms with Gasteiger partial charge in [0.15, 0.2) is 0 Å². The van der Waals surface area contributed by atoms with Crippen LogP contribution in [0, 0.1) is 5.92 Å². The van der Waals surface area contributed by atoms with Crippen molar-refractivity contribution in [3.05, 3.63) is 106 Å². The molecule has 2 amide bonds. The Morgan fingerprint density at radius 3 is 2.37 bits per heavy atom. The van der Waals surface area contributed by atoms with Gasteiger partial charge in [-0.05, 0) is 60.2 Å². The van der Waals surface area contributed by atoms with Gasteiger partial charge in [0, 0.05) is 30.3 Å². The van der Waals surface area contributed by atoms with Gasteiger partial charge in [0.1, 0.15) is 17.6 Å². The first-order valence-electron chi connectivity index (χ1n) is 11.5. The second-order valence-corrected chi connectivity index (χ2v) is 13.3. The Morgan fingerprint density at radius 1 is 0.921 bits per heavy atom. The first kappa shape index (κ1) is 25.9. The molecule has 6 nitrogen and oxygen atoms in total. The summed E-state index contributed by atoms with van der Waals surface area (Å²) < 4.78 is 7.91. The lowest BCUT2D eigenvalue weighted by atomic mass is 9.82. The molecule has 3 aromatic carbocycles. The van der Waals surface area contributed by atoms with Crippen LogP contribution in [0.1, 0.15) is 21.9 Å². The first-order valence-corrected chi connectivity index (χ1v) is 15.2. The van der Waals surface area contributed by atoms with Crippen LogP contribution < -0.4 is 14.5 Å². The van der Waals surface area contributed by atoms with Crippen molar-refractivity contribution in [3.8, 4) is 5.75 Å². The zero-order valence-corrected chi connectivity index (χ0v) is 24.9. The number of nitrogens with zero attached hydrogens (tertiary/aromatic N) is 1. The number of anilines is 1. The van der Waals surface area contributed by atoms with E-state index in [1.54, 1.807) is 36.4 Å². The van der Waals surface area contributed by atoms with Gasteiger partial charge in [0.05, 0.1) is 16.6 Å². The van der Waals surface area contributed by atoms with Gasteiger partial charge < -0.3 is 9.72 Å². The maximum atomic E-state index is 14.0. The fourth-order valence-corrected chi connectivity index (χ4v) is 8.11. The summed E-state index contributed by atoms with van der Waals surface area (Å²) in [5.74, 6) is -1.27. The van der Waals surface area contributed by atoms with E-state index < -0.39 is 17.1 Å². The zero-order chi connectivity index (χ0) is 26.6. The predicted molar refractivity (Wildman–Crippen MR) is 156 cm³/mol. The number of aromatic nitrogens is 1. The molecular weight excluding hydrogens is 676 g/mol. The molecule has 3 heterocycles. The molecule has 0 saturated carbocycles. The molecule has 1 saturated heterocycles. The van der Waals surface area contributed by atoms with Crippen LogP contribution in [0.25, 0.3) is 0 Å². The maximum Gasteiger partial charge on any atom is 0.305 e. The third kappa shape index (κ3) is 4.66. The van der Waals surface area contributed by atoms with Crippen LogP contribution in [0.15, 0.2) is 85.5 Å². The monoisotopic (exact) mass is 690 g/mol. The van der Waals surface area contributed by atoms with Crippen molar-refractivity contribution in [3.63, 3.8) is 0 Å². The summed E-state index contributed by atoms with van der Waals surface area (Å²) in [4.78, 5) is 44.7. The summed E-state index contributed by atoms with van der Waals surface area (Å²) in [7, 11) is 0. The van der Waals surface area contributed by atoms with Crippen LogP contribution in [0.4, 0.5) is 5.69 Å². The largest absolute Gasteiger partial charge is 0.489 e. The maximum absolute atomic E-state index is 14.0. The summed E-state index contributed by atoms with van der Waals surface area (Å²) in [6, 6.07) is 20.1. The zero-order valence-electron chi connectivity index (χ0n) is 19.3. The van der Waals surface area contributed by atoms with Gasteiger partial charge in [-0.15, -0.1) is 0 Å². The van der Waals surface area contributed by atoms with E-state index in [4.69, 9.17) is 16.3 Å². The summed E-state index contributed by atoms with van der Waals surface area (Å²) >= 11 is 15.3. The van der Waals surface area contributed by atoms with E-state index in [9.17, 15) is 14.4 Å². The van der Waals surface area contributed by atoms with Crippen LogP contribution in [-0.2, 0) is 16.2 Å². The van der Waals surface area contributed by atoms with E-state index in [0.717, 1.165) is 36.3 Å². The molecule has 1 fully saturated rings. The van der Waals surface area contributed by atoms with E-state index in [1.165, 1.54) is 16.7 Å². The number of hydrogen-bond acceptors (Lipinski definition) is 6. The Balaban J connectivity index is 1.44. The molecule has 3 unspecified atom stereocenters. The lowest BCUT2D eigenvalue weighted by molar-refractivity contribution is -0.122. The van der Waals surface area contributed by atoms with Crippen molar-refractivity contribution in [1.29, 1.82) is 0 Å². The molecule has 192 valence electrons. The number of ether oxygens (including phenoxy) is 1. The lowest BCUT2D eigenvalue weighted by Crippen LogP contribution is -2.32. The number of halogens is 3. The van der Waals surface area contributed by atoms with Crippen LogP contribution in [0.5, 0.6) is 5.75 Å². The summed E-state index contributed by atoms with van der Waals surface area (Å²) in [6.07, 6.45) is 0. The number of aromatic amines is 1. The minimum atomic E-state index is -0.706. The minimum absolute atomic E-state index is 0.226. The third-order valence-electron chi connectivity index (χ3n) is 6.52. The SMILES string of the molecule is O=C1C2Sc3[nH]c(=O)sc3C(c3cc(Br)ccc3OCc3ccc(Cl)cc3)C2C(=O)N1c1ccc(Br)cc1. The Kier molecular flexibility index (Phi) is 7.02. The molecule has 2 aliphatic rings. The van der Waals surface area contributed by atoms with Gasteiger partial charge in [0.25, 0.3) is 0 Å². The number of amides is 2. The molecule has 4 aromatic rings. The number of H-pyrrole nitrogens is 1. The first-order chi connectivity index (χ1) is 18.3. The Bertz CT molecular complexity index is 1620. The number of hydrogen-bond donors (Lipinski definition) is 1. The van der Waals surface area contributed by atoms with Crippen LogP contribution in [-0.4, -0.2) is 22.0 Å². The number of thiazole rings is 1. The fourth-order valence-electron chi connectivity index (χ4n) is 4.83. The van der Waals surface area contributed by atoms with E-state index >= 15 is 0 Å². The normalized spacial score (nSPS) is 20.4. The van der Waals surface area contributed by atoms with E-state index in [0.29, 0.717) is 21.5 Å². The highest BCUT2D eigenvalue weighted by Gasteiger charge is 2.56. The third-order valence-corrected chi connectivity index (χ3v) is 10.2. The Morgan fingerprint density at radius 2 is 1.63 bits per heavy atom. The highest BCUT2D eigenvalue weighted by atomic mass is 79.9. The Hall–Kier alpha value is -2.37. The molecule has 3 atom stereocenters. The number of benzene rings is 3. The van der Waals surface area contributed by atoms with Crippen molar-refractivity contribution in [2.45, 2.75) is 22.8 Å². The molecule has 38 heavy (non-hydrogen) atoms. The molecule has 0 aliphatic carbocycles. The van der Waals surface area contributed by atoms with Crippen LogP contribution in [0.2, 0.25) is 5.02 Å². The Labute approximate surface area is 247 Å². The second-order valence-electron chi connectivity index (χ2n) is 8.84. The van der Waals surface area contributed by atoms with Gasteiger partial charge in [-0.3, -0.25) is 14.4 Å². The smallest absolute Gasteiger partial charge is 0.305 e. The quantitative estimate of drug-likeness (QED) is 0.228. The number of fused-ring (bicyclic) bond motifs is 2. The molecule has 2 aliphatic heterocycles. The number of thioether (sulfide) groups is 1. The van der Waals surface area contributed by atoms with Crippen LogP contribution >= 0.6 is 66.6 Å². The topological polar surface area (TPSA) is 79.5 Å². The number of imide groups is 1. The van der Waals surface area contributed by atoms with Gasteiger partial charge >= 0.3 is 4.87 Å². The molecule has 1 aromatic heterocycles. The van der Waals surface area contributed by atoms with Crippen LogP contribution in [0.3, 0.4) is 0 Å². The summed E-state index contributed by atoms with van der Waals surface area (Å²) in [6.45, 7) is 0.287. The summed E-state index contributed by atoms with van der Waals surface area (Å²) in [5, 5.41) is 0.573. The molecule has 11 heteroatoms.